The zero-order chi connectivity index (χ0) is 16.7. The van der Waals surface area contributed by atoms with E-state index < -0.39 is 6.36 Å². The summed E-state index contributed by atoms with van der Waals surface area (Å²) in [4.78, 5) is 0. The van der Waals surface area contributed by atoms with E-state index in [1.807, 2.05) is 6.08 Å². The van der Waals surface area contributed by atoms with Gasteiger partial charge in [0.1, 0.15) is 5.75 Å². The summed E-state index contributed by atoms with van der Waals surface area (Å²) in [6.07, 6.45) is 5.65. The van der Waals surface area contributed by atoms with Gasteiger partial charge in [0.25, 0.3) is 0 Å². The third kappa shape index (κ3) is 6.40. The van der Waals surface area contributed by atoms with Crippen molar-refractivity contribution >= 4 is 0 Å². The second-order valence-corrected chi connectivity index (χ2v) is 5.89. The average molecular weight is 322 g/mol. The Kier molecular flexibility index (Phi) is 6.15. The van der Waals surface area contributed by atoms with Crippen molar-refractivity contribution in [1.29, 1.82) is 0 Å². The Bertz CT molecular complexity index is 567. The molecule has 1 aromatic rings. The molecule has 0 N–H and O–H groups in total. The van der Waals surface area contributed by atoms with Crippen LogP contribution in [0.25, 0.3) is 0 Å². The van der Waals surface area contributed by atoms with Crippen LogP contribution in [-0.2, 0) is 0 Å². The largest absolute Gasteiger partial charge is 0.573 e. The Morgan fingerprint density at radius 2 is 1.78 bits per heavy atom. The maximum atomic E-state index is 12.1. The fourth-order valence-corrected chi connectivity index (χ4v) is 2.84. The molecule has 0 bridgehead atoms. The minimum absolute atomic E-state index is 0.230. The minimum Gasteiger partial charge on any atom is -0.406 e. The molecule has 0 aromatic heterocycles. The Morgan fingerprint density at radius 1 is 1.13 bits per heavy atom. The van der Waals surface area contributed by atoms with Crippen LogP contribution in [-0.4, -0.2) is 6.36 Å². The maximum Gasteiger partial charge on any atom is 0.573 e. The molecule has 1 aliphatic carbocycles. The van der Waals surface area contributed by atoms with Crippen molar-refractivity contribution in [3.63, 3.8) is 0 Å². The summed E-state index contributed by atoms with van der Waals surface area (Å²) in [5.74, 6) is 7.12. The molecule has 0 spiro atoms. The summed E-state index contributed by atoms with van der Waals surface area (Å²) in [5.41, 5.74) is 0.666. The van der Waals surface area contributed by atoms with Gasteiger partial charge >= 0.3 is 6.36 Å². The van der Waals surface area contributed by atoms with Gasteiger partial charge < -0.3 is 4.74 Å². The van der Waals surface area contributed by atoms with Gasteiger partial charge in [-0.15, -0.1) is 13.2 Å². The molecule has 0 radical (unpaired) electrons. The van der Waals surface area contributed by atoms with Crippen molar-refractivity contribution in [1.82, 2.24) is 0 Å². The van der Waals surface area contributed by atoms with Crippen LogP contribution in [0.4, 0.5) is 13.2 Å². The van der Waals surface area contributed by atoms with Crippen LogP contribution in [0.15, 0.2) is 36.4 Å². The van der Waals surface area contributed by atoms with Crippen LogP contribution in [0.2, 0.25) is 0 Å². The molecule has 1 aromatic carbocycles. The van der Waals surface area contributed by atoms with Crippen LogP contribution < -0.4 is 4.74 Å². The highest BCUT2D eigenvalue weighted by Crippen LogP contribution is 2.31. The molecule has 1 fully saturated rings. The molecule has 0 unspecified atom stereocenters. The van der Waals surface area contributed by atoms with Crippen molar-refractivity contribution in [2.45, 2.75) is 45.4 Å². The summed E-state index contributed by atoms with van der Waals surface area (Å²) < 4.78 is 40.0. The fourth-order valence-electron chi connectivity index (χ4n) is 2.84. The molecular formula is C19H21F3O. The topological polar surface area (TPSA) is 9.23 Å². The number of benzene rings is 1. The van der Waals surface area contributed by atoms with Gasteiger partial charge in [0.15, 0.2) is 0 Å². The molecule has 124 valence electrons. The molecule has 0 aliphatic heterocycles. The van der Waals surface area contributed by atoms with Crippen LogP contribution in [0.5, 0.6) is 5.75 Å². The van der Waals surface area contributed by atoms with Gasteiger partial charge in [0.05, 0.1) is 0 Å². The summed E-state index contributed by atoms with van der Waals surface area (Å²) in [7, 11) is 0. The van der Waals surface area contributed by atoms with Gasteiger partial charge in [-0.2, -0.15) is 0 Å². The first-order valence-corrected chi connectivity index (χ1v) is 8.00. The lowest BCUT2D eigenvalue weighted by atomic mass is 9.81. The second-order valence-electron chi connectivity index (χ2n) is 5.89. The van der Waals surface area contributed by atoms with E-state index in [2.05, 4.69) is 29.6 Å². The van der Waals surface area contributed by atoms with E-state index in [1.54, 1.807) is 0 Å². The number of rotatable bonds is 3. The van der Waals surface area contributed by atoms with E-state index in [0.717, 1.165) is 5.92 Å². The molecule has 2 rings (SSSR count). The highest BCUT2D eigenvalue weighted by molar-refractivity contribution is 5.40. The van der Waals surface area contributed by atoms with Crippen LogP contribution in [0.3, 0.4) is 0 Å². The van der Waals surface area contributed by atoms with E-state index in [4.69, 9.17) is 0 Å². The van der Waals surface area contributed by atoms with Crippen molar-refractivity contribution in [3.05, 3.63) is 42.0 Å². The van der Waals surface area contributed by atoms with Crippen LogP contribution in [0.1, 0.15) is 44.6 Å². The van der Waals surface area contributed by atoms with Gasteiger partial charge in [0, 0.05) is 5.56 Å². The molecular weight excluding hydrogens is 301 g/mol. The fraction of sp³-hybridized carbons (Fsp3) is 0.474. The monoisotopic (exact) mass is 322 g/mol. The SMILES string of the molecule is CCC1CCC(/C=C/C#Cc2ccc(OC(F)(F)F)cc2)CC1. The van der Waals surface area contributed by atoms with Crippen LogP contribution >= 0.6 is 0 Å². The third-order valence-electron chi connectivity index (χ3n) is 4.22. The van der Waals surface area contributed by atoms with Gasteiger partial charge in [-0.1, -0.05) is 31.3 Å². The van der Waals surface area contributed by atoms with Gasteiger partial charge in [0.2, 0.25) is 0 Å². The third-order valence-corrected chi connectivity index (χ3v) is 4.22. The lowest BCUT2D eigenvalue weighted by Gasteiger charge is -2.25. The summed E-state index contributed by atoms with van der Waals surface area (Å²) in [6, 6.07) is 5.59. The van der Waals surface area contributed by atoms with Crippen molar-refractivity contribution in [2.75, 3.05) is 0 Å². The standard InChI is InChI=1S/C19H21F3O/c1-2-15-7-9-16(10-8-15)5-3-4-6-17-11-13-18(14-12-17)23-19(20,21)22/h3,5,11-16H,2,7-10H2,1H3/b5-3+. The quantitative estimate of drug-likeness (QED) is 0.648. The molecule has 1 aliphatic rings. The predicted octanol–water partition coefficient (Wildman–Crippen LogP) is 5.71. The molecule has 4 heteroatoms. The number of alkyl halides is 3. The molecule has 0 saturated heterocycles. The van der Waals surface area contributed by atoms with Crippen molar-refractivity contribution in [3.8, 4) is 17.6 Å². The van der Waals surface area contributed by atoms with E-state index in [9.17, 15) is 13.2 Å². The predicted molar refractivity (Wildman–Crippen MR) is 84.9 cm³/mol. The Labute approximate surface area is 135 Å². The van der Waals surface area contributed by atoms with Crippen molar-refractivity contribution in [2.24, 2.45) is 11.8 Å². The Hall–Kier alpha value is -1.89. The smallest absolute Gasteiger partial charge is 0.406 e. The summed E-state index contributed by atoms with van der Waals surface area (Å²) >= 11 is 0. The minimum atomic E-state index is -4.66. The number of hydrogen-bond acceptors (Lipinski definition) is 1. The Balaban J connectivity index is 1.84. The second kappa shape index (κ2) is 8.10. The van der Waals surface area contributed by atoms with Gasteiger partial charge in [-0.3, -0.25) is 0 Å². The number of allylic oxidation sites excluding steroid dienone is 2. The zero-order valence-corrected chi connectivity index (χ0v) is 13.2. The average Bonchev–Trinajstić information content (AvgIpc) is 2.52. The van der Waals surface area contributed by atoms with Gasteiger partial charge in [-0.25, -0.2) is 0 Å². The van der Waals surface area contributed by atoms with Gasteiger partial charge in [-0.05, 0) is 67.9 Å². The summed E-state index contributed by atoms with van der Waals surface area (Å²) in [6.45, 7) is 2.25. The normalized spacial score (nSPS) is 21.7. The first-order chi connectivity index (χ1) is 11.0. The first-order valence-electron chi connectivity index (χ1n) is 8.00. The number of halogens is 3. The summed E-state index contributed by atoms with van der Waals surface area (Å²) in [5, 5.41) is 0. The first kappa shape index (κ1) is 17.5. The van der Waals surface area contributed by atoms with E-state index in [1.165, 1.54) is 56.4 Å². The molecule has 23 heavy (non-hydrogen) atoms. The number of ether oxygens (including phenoxy) is 1. The molecule has 1 saturated carbocycles. The van der Waals surface area contributed by atoms with Crippen molar-refractivity contribution < 1.29 is 17.9 Å². The van der Waals surface area contributed by atoms with E-state index in [-0.39, 0.29) is 5.75 Å². The zero-order valence-electron chi connectivity index (χ0n) is 13.2. The molecule has 0 amide bonds. The molecule has 0 heterocycles. The molecule has 1 nitrogen and oxygen atoms in total. The van der Waals surface area contributed by atoms with E-state index in [0.29, 0.717) is 11.5 Å². The van der Waals surface area contributed by atoms with Crippen LogP contribution in [0, 0.1) is 23.7 Å². The lowest BCUT2D eigenvalue weighted by molar-refractivity contribution is -0.274. The highest BCUT2D eigenvalue weighted by Gasteiger charge is 2.30. The molecule has 0 atom stereocenters. The number of hydrogen-bond donors (Lipinski definition) is 0. The maximum absolute atomic E-state index is 12.1. The highest BCUT2D eigenvalue weighted by atomic mass is 19.4. The lowest BCUT2D eigenvalue weighted by Crippen LogP contribution is -2.16. The Morgan fingerprint density at radius 3 is 2.35 bits per heavy atom. The van der Waals surface area contributed by atoms with E-state index >= 15 is 0 Å².